The predicted octanol–water partition coefficient (Wildman–Crippen LogP) is 3.34. The third kappa shape index (κ3) is 3.98. The average Bonchev–Trinajstić information content (AvgIpc) is 2.48. The van der Waals surface area contributed by atoms with Crippen molar-refractivity contribution in [2.45, 2.75) is 45.1 Å². The molecule has 0 aromatic heterocycles. The van der Waals surface area contributed by atoms with Gasteiger partial charge in [-0.3, -0.25) is 0 Å². The summed E-state index contributed by atoms with van der Waals surface area (Å²) in [5, 5.41) is 17.7. The molecule has 0 saturated heterocycles. The molecular weight excluding hydrogens is 254 g/mol. The van der Waals surface area contributed by atoms with Crippen molar-refractivity contribution in [2.75, 3.05) is 5.32 Å². The number of nitrogens with one attached hydrogen (secondary N) is 2. The lowest BCUT2D eigenvalue weighted by atomic mass is 9.96. The van der Waals surface area contributed by atoms with Crippen LogP contribution in [0.2, 0.25) is 0 Å². The Morgan fingerprint density at radius 3 is 2.45 bits per heavy atom. The van der Waals surface area contributed by atoms with Crippen LogP contribution in [0, 0.1) is 0 Å². The maximum absolute atomic E-state index is 11.9. The van der Waals surface area contributed by atoms with Crippen LogP contribution in [0.1, 0.15) is 44.6 Å². The van der Waals surface area contributed by atoms with E-state index >= 15 is 0 Å². The van der Waals surface area contributed by atoms with E-state index in [2.05, 4.69) is 15.8 Å². The van der Waals surface area contributed by atoms with E-state index in [1.165, 1.54) is 19.3 Å². The minimum Gasteiger partial charge on any atom is -0.411 e. The van der Waals surface area contributed by atoms with E-state index < -0.39 is 0 Å². The van der Waals surface area contributed by atoms with Crippen molar-refractivity contribution in [1.82, 2.24) is 5.32 Å². The molecule has 0 bridgehead atoms. The molecule has 1 aliphatic carbocycles. The maximum Gasteiger partial charge on any atom is 0.319 e. The van der Waals surface area contributed by atoms with Crippen molar-refractivity contribution in [1.29, 1.82) is 0 Å². The lowest BCUT2D eigenvalue weighted by molar-refractivity contribution is 0.244. The van der Waals surface area contributed by atoms with Crippen LogP contribution in [0.25, 0.3) is 0 Å². The number of rotatable bonds is 3. The van der Waals surface area contributed by atoms with Gasteiger partial charge in [0.15, 0.2) is 0 Å². The molecule has 108 valence electrons. The summed E-state index contributed by atoms with van der Waals surface area (Å²) in [5.74, 6) is 0. The summed E-state index contributed by atoms with van der Waals surface area (Å²) in [4.78, 5) is 11.9. The summed E-state index contributed by atoms with van der Waals surface area (Å²) in [6.45, 7) is 1.72. The van der Waals surface area contributed by atoms with Gasteiger partial charge in [0, 0.05) is 11.7 Å². The van der Waals surface area contributed by atoms with E-state index in [4.69, 9.17) is 5.21 Å². The SMILES string of the molecule is C/C(=N\O)c1ccc(NC(=O)NC2CCCCC2)cc1. The number of benzene rings is 1. The molecule has 2 amide bonds. The van der Waals surface area contributed by atoms with Crippen molar-refractivity contribution in [3.63, 3.8) is 0 Å². The molecule has 1 fully saturated rings. The number of nitrogens with zero attached hydrogens (tertiary/aromatic N) is 1. The number of hydrogen-bond donors (Lipinski definition) is 3. The van der Waals surface area contributed by atoms with E-state index in [9.17, 15) is 4.79 Å². The van der Waals surface area contributed by atoms with Crippen LogP contribution in [-0.4, -0.2) is 23.0 Å². The highest BCUT2D eigenvalue weighted by molar-refractivity contribution is 5.99. The highest BCUT2D eigenvalue weighted by Crippen LogP contribution is 2.17. The van der Waals surface area contributed by atoms with Crippen LogP contribution >= 0.6 is 0 Å². The zero-order valence-electron chi connectivity index (χ0n) is 11.7. The van der Waals surface area contributed by atoms with Crippen molar-refractivity contribution in [3.8, 4) is 0 Å². The van der Waals surface area contributed by atoms with Crippen LogP contribution in [0.4, 0.5) is 10.5 Å². The largest absolute Gasteiger partial charge is 0.411 e. The first-order chi connectivity index (χ1) is 9.69. The molecule has 1 aromatic carbocycles. The molecule has 0 spiro atoms. The molecule has 0 unspecified atom stereocenters. The topological polar surface area (TPSA) is 73.7 Å². The molecule has 0 aliphatic heterocycles. The molecule has 0 heterocycles. The fourth-order valence-electron chi connectivity index (χ4n) is 2.45. The molecule has 1 aromatic rings. The van der Waals surface area contributed by atoms with Crippen LogP contribution in [0.5, 0.6) is 0 Å². The summed E-state index contributed by atoms with van der Waals surface area (Å²) < 4.78 is 0. The monoisotopic (exact) mass is 275 g/mol. The Bertz CT molecular complexity index is 476. The third-order valence-electron chi connectivity index (χ3n) is 3.65. The lowest BCUT2D eigenvalue weighted by Crippen LogP contribution is -2.39. The second kappa shape index (κ2) is 6.93. The number of urea groups is 1. The highest BCUT2D eigenvalue weighted by Gasteiger charge is 2.15. The van der Waals surface area contributed by atoms with Gasteiger partial charge in [0.1, 0.15) is 0 Å². The van der Waals surface area contributed by atoms with E-state index in [0.29, 0.717) is 11.8 Å². The van der Waals surface area contributed by atoms with E-state index in [0.717, 1.165) is 24.1 Å². The Morgan fingerprint density at radius 2 is 1.85 bits per heavy atom. The van der Waals surface area contributed by atoms with Crippen molar-refractivity contribution in [2.24, 2.45) is 5.16 Å². The number of hydrogen-bond acceptors (Lipinski definition) is 3. The summed E-state index contributed by atoms with van der Waals surface area (Å²) >= 11 is 0. The molecule has 0 atom stereocenters. The van der Waals surface area contributed by atoms with Gasteiger partial charge in [0.2, 0.25) is 0 Å². The van der Waals surface area contributed by atoms with Gasteiger partial charge in [-0.05, 0) is 37.5 Å². The van der Waals surface area contributed by atoms with Gasteiger partial charge >= 0.3 is 6.03 Å². The Labute approximate surface area is 119 Å². The normalized spacial score (nSPS) is 16.8. The third-order valence-corrected chi connectivity index (χ3v) is 3.65. The molecule has 5 nitrogen and oxygen atoms in total. The van der Waals surface area contributed by atoms with Crippen LogP contribution in [-0.2, 0) is 0 Å². The molecule has 20 heavy (non-hydrogen) atoms. The van der Waals surface area contributed by atoms with Crippen molar-refractivity contribution >= 4 is 17.4 Å². The average molecular weight is 275 g/mol. The van der Waals surface area contributed by atoms with Gasteiger partial charge in [0.05, 0.1) is 5.71 Å². The maximum atomic E-state index is 11.9. The zero-order valence-corrected chi connectivity index (χ0v) is 11.7. The predicted molar refractivity (Wildman–Crippen MR) is 79.5 cm³/mol. The fourth-order valence-corrected chi connectivity index (χ4v) is 2.45. The smallest absolute Gasteiger partial charge is 0.319 e. The Hall–Kier alpha value is -2.04. The van der Waals surface area contributed by atoms with E-state index in [-0.39, 0.29) is 6.03 Å². The van der Waals surface area contributed by atoms with Crippen molar-refractivity contribution < 1.29 is 10.0 Å². The summed E-state index contributed by atoms with van der Waals surface area (Å²) in [5.41, 5.74) is 2.10. The van der Waals surface area contributed by atoms with Crippen LogP contribution in [0.3, 0.4) is 0 Å². The molecule has 5 heteroatoms. The highest BCUT2D eigenvalue weighted by atomic mass is 16.4. The molecule has 0 radical (unpaired) electrons. The van der Waals surface area contributed by atoms with E-state index in [1.807, 2.05) is 12.1 Å². The quantitative estimate of drug-likeness (QED) is 0.449. The van der Waals surface area contributed by atoms with Gasteiger partial charge < -0.3 is 15.8 Å². The molecule has 2 rings (SSSR count). The fraction of sp³-hybridized carbons (Fsp3) is 0.467. The first-order valence-electron chi connectivity index (χ1n) is 7.05. The van der Waals surface area contributed by atoms with Crippen LogP contribution < -0.4 is 10.6 Å². The minimum absolute atomic E-state index is 0.155. The number of carbonyl (C=O) groups is 1. The minimum atomic E-state index is -0.155. The van der Waals surface area contributed by atoms with Gasteiger partial charge in [-0.25, -0.2) is 4.79 Å². The molecule has 1 aliphatic rings. The Morgan fingerprint density at radius 1 is 1.20 bits per heavy atom. The number of amides is 2. The van der Waals surface area contributed by atoms with Gasteiger partial charge in [-0.2, -0.15) is 0 Å². The summed E-state index contributed by atoms with van der Waals surface area (Å²) in [6, 6.07) is 7.36. The van der Waals surface area contributed by atoms with Gasteiger partial charge in [-0.1, -0.05) is 36.6 Å². The first-order valence-corrected chi connectivity index (χ1v) is 7.05. The van der Waals surface area contributed by atoms with Crippen molar-refractivity contribution in [3.05, 3.63) is 29.8 Å². The van der Waals surface area contributed by atoms with Crippen LogP contribution in [0.15, 0.2) is 29.4 Å². The first kappa shape index (κ1) is 14.4. The molecule has 3 N–H and O–H groups in total. The zero-order chi connectivity index (χ0) is 14.4. The summed E-state index contributed by atoms with van der Waals surface area (Å²) in [6.07, 6.45) is 5.79. The number of carbonyl (C=O) groups excluding carboxylic acids is 1. The van der Waals surface area contributed by atoms with E-state index in [1.54, 1.807) is 19.1 Å². The van der Waals surface area contributed by atoms with Gasteiger partial charge in [0.25, 0.3) is 0 Å². The number of anilines is 1. The van der Waals surface area contributed by atoms with Gasteiger partial charge in [-0.15, -0.1) is 0 Å². The molecule has 1 saturated carbocycles. The second-order valence-corrected chi connectivity index (χ2v) is 5.20. The lowest BCUT2D eigenvalue weighted by Gasteiger charge is -2.22. The summed E-state index contributed by atoms with van der Waals surface area (Å²) in [7, 11) is 0. The standard InChI is InChI=1S/C15H21N3O2/c1-11(18-20)12-7-9-14(10-8-12)17-15(19)16-13-5-3-2-4-6-13/h7-10,13,20H,2-6H2,1H3,(H2,16,17,19)/b18-11+. The Balaban J connectivity index is 1.87. The Kier molecular flexibility index (Phi) is 4.98. The molecular formula is C15H21N3O2. The second-order valence-electron chi connectivity index (χ2n) is 5.20. The number of oxime groups is 1.